The Balaban J connectivity index is 1.97. The third-order valence-corrected chi connectivity index (χ3v) is 6.04. The smallest absolute Gasteiger partial charge is 0.341 e. The average Bonchev–Trinajstić information content (AvgIpc) is 3.35. The zero-order valence-corrected chi connectivity index (χ0v) is 15.9. The van der Waals surface area contributed by atoms with Gasteiger partial charge in [-0.1, -0.05) is 0 Å². The monoisotopic (exact) mass is 459 g/mol. The highest BCUT2D eigenvalue weighted by Gasteiger charge is 2.48. The molecule has 0 bridgehead atoms. The van der Waals surface area contributed by atoms with Crippen LogP contribution in [0, 0.1) is 17.6 Å². The van der Waals surface area contributed by atoms with Crippen LogP contribution in [0.5, 0.6) is 5.75 Å². The van der Waals surface area contributed by atoms with Gasteiger partial charge in [0.1, 0.15) is 22.9 Å². The number of benzene rings is 2. The highest BCUT2D eigenvalue weighted by atomic mass is 79.9. The van der Waals surface area contributed by atoms with Crippen molar-refractivity contribution in [2.24, 2.45) is 5.92 Å². The SMILES string of the molecule is O=C(O)c1c(N(c2ccc(F)cc2Br)S(=O)O)cc(F)c2c1OCC1CC21. The van der Waals surface area contributed by atoms with Crippen molar-refractivity contribution in [1.82, 2.24) is 0 Å². The van der Waals surface area contributed by atoms with Gasteiger partial charge in [0.2, 0.25) is 0 Å². The Bertz CT molecular complexity index is 1000. The van der Waals surface area contributed by atoms with Crippen molar-refractivity contribution in [2.45, 2.75) is 12.3 Å². The summed E-state index contributed by atoms with van der Waals surface area (Å²) < 4.78 is 56.3. The van der Waals surface area contributed by atoms with Gasteiger partial charge in [-0.3, -0.25) is 4.55 Å². The van der Waals surface area contributed by atoms with Crippen LogP contribution in [-0.4, -0.2) is 26.4 Å². The van der Waals surface area contributed by atoms with Crippen molar-refractivity contribution in [3.8, 4) is 5.75 Å². The maximum atomic E-state index is 14.8. The molecule has 142 valence electrons. The second-order valence-corrected chi connectivity index (χ2v) is 8.02. The molecule has 1 saturated carbocycles. The molecule has 2 N–H and O–H groups in total. The maximum absolute atomic E-state index is 14.8. The Hall–Kier alpha value is -2.04. The summed E-state index contributed by atoms with van der Waals surface area (Å²) in [7, 11) is 0. The van der Waals surface area contributed by atoms with Gasteiger partial charge in [-0.05, 0) is 46.5 Å². The Morgan fingerprint density at radius 1 is 1.30 bits per heavy atom. The molecule has 4 rings (SSSR count). The number of carboxylic acid groups (broad SMARTS) is 1. The predicted octanol–water partition coefficient (Wildman–Crippen LogP) is 4.20. The van der Waals surface area contributed by atoms with Crippen LogP contribution in [-0.2, 0) is 11.3 Å². The standard InChI is InChI=1S/C17H12BrF2NO5S/c18-10-4-8(19)1-2-12(10)21(27(24)25)13-5-11(20)14-9-3-7(9)6-26-16(14)15(13)17(22)23/h1-2,4-5,7,9H,3,6H2,(H,22,23)(H,24,25). The molecular weight excluding hydrogens is 448 g/mol. The van der Waals surface area contributed by atoms with E-state index in [1.165, 1.54) is 6.07 Å². The number of carboxylic acids is 1. The van der Waals surface area contributed by atoms with E-state index >= 15 is 0 Å². The van der Waals surface area contributed by atoms with E-state index < -0.39 is 34.4 Å². The van der Waals surface area contributed by atoms with Gasteiger partial charge < -0.3 is 9.84 Å². The molecule has 0 aromatic heterocycles. The van der Waals surface area contributed by atoms with Gasteiger partial charge in [-0.15, -0.1) is 0 Å². The molecule has 1 fully saturated rings. The average molecular weight is 460 g/mol. The summed E-state index contributed by atoms with van der Waals surface area (Å²) in [6, 6.07) is 4.20. The zero-order valence-electron chi connectivity index (χ0n) is 13.5. The molecule has 3 atom stereocenters. The molecule has 3 unspecified atom stereocenters. The molecule has 2 aromatic carbocycles. The summed E-state index contributed by atoms with van der Waals surface area (Å²) >= 11 is 0.324. The minimum atomic E-state index is -2.76. The van der Waals surface area contributed by atoms with E-state index in [-0.39, 0.29) is 45.6 Å². The molecule has 0 radical (unpaired) electrons. The maximum Gasteiger partial charge on any atom is 0.341 e. The molecule has 1 aliphatic carbocycles. The Morgan fingerprint density at radius 3 is 2.67 bits per heavy atom. The molecular formula is C17H12BrF2NO5S. The lowest BCUT2D eigenvalue weighted by Gasteiger charge is -2.27. The Morgan fingerprint density at radius 2 is 2.04 bits per heavy atom. The number of carbonyl (C=O) groups is 1. The number of anilines is 2. The topological polar surface area (TPSA) is 87.1 Å². The number of halogens is 3. The molecule has 0 amide bonds. The van der Waals surface area contributed by atoms with Crippen LogP contribution in [0.4, 0.5) is 20.2 Å². The molecule has 27 heavy (non-hydrogen) atoms. The third kappa shape index (κ3) is 3.01. The van der Waals surface area contributed by atoms with Crippen LogP contribution in [0.3, 0.4) is 0 Å². The molecule has 1 aliphatic heterocycles. The highest BCUT2D eigenvalue weighted by Crippen LogP contribution is 2.57. The van der Waals surface area contributed by atoms with Gasteiger partial charge >= 0.3 is 5.97 Å². The van der Waals surface area contributed by atoms with Crippen molar-refractivity contribution in [2.75, 3.05) is 10.9 Å². The van der Waals surface area contributed by atoms with Crippen molar-refractivity contribution in [3.05, 3.63) is 51.5 Å². The predicted molar refractivity (Wildman–Crippen MR) is 96.7 cm³/mol. The normalized spacial score (nSPS) is 20.9. The van der Waals surface area contributed by atoms with Gasteiger partial charge in [0.25, 0.3) is 11.3 Å². The molecule has 6 nitrogen and oxygen atoms in total. The fourth-order valence-electron chi connectivity index (χ4n) is 3.41. The lowest BCUT2D eigenvalue weighted by Crippen LogP contribution is -2.24. The number of nitrogens with zero attached hydrogens (tertiary/aromatic N) is 1. The van der Waals surface area contributed by atoms with E-state index in [0.29, 0.717) is 10.7 Å². The summed E-state index contributed by atoms with van der Waals surface area (Å²) in [5, 5.41) is 9.72. The quantitative estimate of drug-likeness (QED) is 0.669. The number of hydrogen-bond acceptors (Lipinski definition) is 3. The Kier molecular flexibility index (Phi) is 4.44. The first kappa shape index (κ1) is 18.3. The van der Waals surface area contributed by atoms with Crippen molar-refractivity contribution in [3.63, 3.8) is 0 Å². The lowest BCUT2D eigenvalue weighted by atomic mass is 9.99. The largest absolute Gasteiger partial charge is 0.492 e. The minimum Gasteiger partial charge on any atom is -0.492 e. The third-order valence-electron chi connectivity index (χ3n) is 4.70. The van der Waals surface area contributed by atoms with Crippen LogP contribution in [0.1, 0.15) is 28.3 Å². The molecule has 1 heterocycles. The van der Waals surface area contributed by atoms with E-state index in [4.69, 9.17) is 4.74 Å². The first-order chi connectivity index (χ1) is 12.8. The van der Waals surface area contributed by atoms with Gasteiger partial charge in [0.15, 0.2) is 0 Å². The number of rotatable bonds is 4. The fraction of sp³-hybridized carbons (Fsp3) is 0.235. The van der Waals surface area contributed by atoms with Gasteiger partial charge in [0, 0.05) is 22.0 Å². The van der Waals surface area contributed by atoms with Crippen molar-refractivity contribution in [1.29, 1.82) is 0 Å². The molecule has 0 spiro atoms. The van der Waals surface area contributed by atoms with E-state index in [9.17, 15) is 27.4 Å². The number of aromatic carboxylic acids is 1. The van der Waals surface area contributed by atoms with Gasteiger partial charge in [-0.2, -0.15) is 0 Å². The van der Waals surface area contributed by atoms with Gasteiger partial charge in [0.05, 0.1) is 18.0 Å². The van der Waals surface area contributed by atoms with E-state index in [1.807, 2.05) is 0 Å². The second kappa shape index (κ2) is 6.54. The summed E-state index contributed by atoms with van der Waals surface area (Å²) in [5.41, 5.74) is -0.574. The molecule has 10 heteroatoms. The van der Waals surface area contributed by atoms with E-state index in [0.717, 1.165) is 18.2 Å². The summed E-state index contributed by atoms with van der Waals surface area (Å²) in [5.74, 6) is -2.79. The lowest BCUT2D eigenvalue weighted by molar-refractivity contribution is 0.0692. The van der Waals surface area contributed by atoms with Crippen LogP contribution >= 0.6 is 15.9 Å². The van der Waals surface area contributed by atoms with Crippen molar-refractivity contribution >= 4 is 44.5 Å². The van der Waals surface area contributed by atoms with E-state index in [2.05, 4.69) is 15.9 Å². The molecule has 2 aliphatic rings. The first-order valence-electron chi connectivity index (χ1n) is 7.88. The van der Waals surface area contributed by atoms with E-state index in [1.54, 1.807) is 0 Å². The first-order valence-corrected chi connectivity index (χ1v) is 9.74. The minimum absolute atomic E-state index is 0.000749. The van der Waals surface area contributed by atoms with Crippen molar-refractivity contribution < 1.29 is 32.2 Å². The van der Waals surface area contributed by atoms with Crippen LogP contribution in [0.15, 0.2) is 28.7 Å². The summed E-state index contributed by atoms with van der Waals surface area (Å²) in [6.07, 6.45) is 0.710. The summed E-state index contributed by atoms with van der Waals surface area (Å²) in [4.78, 5) is 11.9. The van der Waals surface area contributed by atoms with Crippen LogP contribution in [0.25, 0.3) is 0 Å². The van der Waals surface area contributed by atoms with Gasteiger partial charge in [-0.25, -0.2) is 22.1 Å². The molecule has 2 aromatic rings. The Labute approximate surface area is 163 Å². The number of ether oxygens (including phenoxy) is 1. The summed E-state index contributed by atoms with van der Waals surface area (Å²) in [6.45, 7) is 0.267. The molecule has 0 saturated heterocycles. The number of hydrogen-bond donors (Lipinski definition) is 2. The fourth-order valence-corrected chi connectivity index (χ4v) is 4.70. The zero-order chi connectivity index (χ0) is 19.5. The second-order valence-electron chi connectivity index (χ2n) is 6.33. The van der Waals surface area contributed by atoms with Crippen LogP contribution < -0.4 is 9.04 Å². The van der Waals surface area contributed by atoms with Crippen LogP contribution in [0.2, 0.25) is 0 Å². The highest BCUT2D eigenvalue weighted by molar-refractivity contribution is 9.10. The number of fused-ring (bicyclic) bond motifs is 3.